The lowest BCUT2D eigenvalue weighted by Gasteiger charge is -2.40. The Balaban J connectivity index is 1.65. The van der Waals surface area contributed by atoms with Crippen LogP contribution in [-0.2, 0) is 20.7 Å². The first-order valence-corrected chi connectivity index (χ1v) is 12.2. The van der Waals surface area contributed by atoms with Gasteiger partial charge in [0.25, 0.3) is 0 Å². The van der Waals surface area contributed by atoms with Crippen molar-refractivity contribution in [1.82, 2.24) is 0 Å². The number of methoxy groups -OCH3 is 1. The van der Waals surface area contributed by atoms with Crippen LogP contribution in [-0.4, -0.2) is 64.3 Å². The highest BCUT2D eigenvalue weighted by Crippen LogP contribution is 2.51. The second-order valence-corrected chi connectivity index (χ2v) is 9.91. The molecule has 5 rings (SSSR count). The summed E-state index contributed by atoms with van der Waals surface area (Å²) in [6.07, 6.45) is -2.95. The Labute approximate surface area is 212 Å². The fourth-order valence-electron chi connectivity index (χ4n) is 5.67. The van der Waals surface area contributed by atoms with Gasteiger partial charge in [-0.25, -0.2) is 0 Å². The molecule has 0 aromatic heterocycles. The van der Waals surface area contributed by atoms with E-state index in [-0.39, 0.29) is 64.2 Å². The van der Waals surface area contributed by atoms with Crippen LogP contribution in [0.1, 0.15) is 75.8 Å². The van der Waals surface area contributed by atoms with Gasteiger partial charge < -0.3 is 35.3 Å². The summed E-state index contributed by atoms with van der Waals surface area (Å²) in [7, 11) is 1.37. The number of aliphatic hydroxyl groups excluding tert-OH is 1. The number of carbonyl (C=O) groups is 3. The Morgan fingerprint density at radius 1 is 1.08 bits per heavy atom. The molecule has 196 valence electrons. The Hall–Kier alpha value is -3.31. The molecular weight excluding hydrogens is 482 g/mol. The molecule has 1 fully saturated rings. The zero-order valence-electron chi connectivity index (χ0n) is 20.7. The number of nitrogens with two attached hydrogens (primary N) is 1. The van der Waals surface area contributed by atoms with Crippen molar-refractivity contribution in [2.75, 3.05) is 7.11 Å². The molecule has 1 saturated heterocycles. The lowest BCUT2D eigenvalue weighted by atomic mass is 9.74. The number of rotatable bonds is 4. The molecule has 0 spiro atoms. The maximum Gasteiger partial charge on any atom is 0.202 e. The van der Waals surface area contributed by atoms with Gasteiger partial charge in [-0.1, -0.05) is 12.1 Å². The van der Waals surface area contributed by atoms with Crippen LogP contribution in [0.3, 0.4) is 0 Å². The van der Waals surface area contributed by atoms with E-state index in [0.717, 1.165) is 0 Å². The average molecular weight is 512 g/mol. The third-order valence-corrected chi connectivity index (χ3v) is 7.67. The Kier molecular flexibility index (Phi) is 6.31. The number of hydrogen-bond donors (Lipinski definition) is 4. The summed E-state index contributed by atoms with van der Waals surface area (Å²) < 4.78 is 17.2. The van der Waals surface area contributed by atoms with Crippen molar-refractivity contribution in [3.05, 3.63) is 51.6 Å². The van der Waals surface area contributed by atoms with Gasteiger partial charge in [0.05, 0.1) is 42.1 Å². The molecule has 1 aliphatic heterocycles. The topological polar surface area (TPSA) is 166 Å². The van der Waals surface area contributed by atoms with Crippen LogP contribution in [0.5, 0.6) is 17.2 Å². The van der Waals surface area contributed by atoms with Crippen LogP contribution < -0.4 is 10.5 Å². The SMILES string of the molecule is COc1cccc2c1C(=O)c1c(O)c3c(c(O)c1C2=O)C[C@H](C(C)=O)C[C@@H]3OC1CC(N)C(O)C(C)O1. The van der Waals surface area contributed by atoms with Crippen molar-refractivity contribution in [2.45, 2.75) is 63.8 Å². The van der Waals surface area contributed by atoms with Crippen LogP contribution in [0, 0.1) is 5.92 Å². The van der Waals surface area contributed by atoms with Gasteiger partial charge >= 0.3 is 0 Å². The molecule has 0 radical (unpaired) electrons. The average Bonchev–Trinajstić information content (AvgIpc) is 2.86. The molecule has 3 aliphatic rings. The first-order valence-electron chi connectivity index (χ1n) is 12.2. The zero-order chi connectivity index (χ0) is 26.8. The molecule has 0 saturated carbocycles. The molecule has 2 aromatic rings. The molecule has 6 atom stereocenters. The second kappa shape index (κ2) is 9.21. The minimum absolute atomic E-state index is 0.00330. The molecule has 4 unspecified atom stereocenters. The van der Waals surface area contributed by atoms with Gasteiger partial charge in [-0.3, -0.25) is 14.4 Å². The van der Waals surface area contributed by atoms with E-state index in [2.05, 4.69) is 0 Å². The van der Waals surface area contributed by atoms with E-state index >= 15 is 0 Å². The Bertz CT molecular complexity index is 1310. The third kappa shape index (κ3) is 3.91. The fraction of sp³-hybridized carbons (Fsp3) is 0.444. The highest BCUT2D eigenvalue weighted by Gasteiger charge is 2.44. The first-order chi connectivity index (χ1) is 17.5. The zero-order valence-corrected chi connectivity index (χ0v) is 20.7. The number of phenols is 2. The van der Waals surface area contributed by atoms with Gasteiger partial charge in [0.2, 0.25) is 5.78 Å². The van der Waals surface area contributed by atoms with Crippen molar-refractivity contribution >= 4 is 17.3 Å². The second-order valence-electron chi connectivity index (χ2n) is 9.91. The molecule has 2 aromatic carbocycles. The number of hydrogen-bond acceptors (Lipinski definition) is 10. The van der Waals surface area contributed by atoms with Gasteiger partial charge in [0.15, 0.2) is 12.1 Å². The number of Topliss-reactive ketones (excluding diaryl/α,β-unsaturated/α-hetero) is 1. The monoisotopic (exact) mass is 511 g/mol. The van der Waals surface area contributed by atoms with E-state index in [4.69, 9.17) is 19.9 Å². The minimum atomic E-state index is -0.949. The van der Waals surface area contributed by atoms with Gasteiger partial charge in [-0.2, -0.15) is 0 Å². The quantitative estimate of drug-likeness (QED) is 0.380. The minimum Gasteiger partial charge on any atom is -0.507 e. The maximum atomic E-state index is 13.6. The molecule has 10 heteroatoms. The summed E-state index contributed by atoms with van der Waals surface area (Å²) in [5, 5.41) is 32.9. The summed E-state index contributed by atoms with van der Waals surface area (Å²) in [5.41, 5.74) is 5.75. The van der Waals surface area contributed by atoms with Crippen molar-refractivity contribution in [1.29, 1.82) is 0 Å². The van der Waals surface area contributed by atoms with E-state index in [1.165, 1.54) is 26.2 Å². The van der Waals surface area contributed by atoms with Crippen molar-refractivity contribution in [3.63, 3.8) is 0 Å². The lowest BCUT2D eigenvalue weighted by Crippen LogP contribution is -2.52. The number of aromatic hydroxyl groups is 2. The van der Waals surface area contributed by atoms with Crippen LogP contribution in [0.4, 0.5) is 0 Å². The summed E-state index contributed by atoms with van der Waals surface area (Å²) in [5.74, 6) is -2.80. The largest absolute Gasteiger partial charge is 0.507 e. The Morgan fingerprint density at radius 3 is 2.43 bits per heavy atom. The molecule has 0 amide bonds. The molecular formula is C27H29NO9. The van der Waals surface area contributed by atoms with Crippen LogP contribution in [0.15, 0.2) is 18.2 Å². The van der Waals surface area contributed by atoms with E-state index in [1.807, 2.05) is 0 Å². The molecule has 2 aliphatic carbocycles. The van der Waals surface area contributed by atoms with Crippen molar-refractivity contribution in [3.8, 4) is 17.2 Å². The Morgan fingerprint density at radius 2 is 1.78 bits per heavy atom. The summed E-state index contributed by atoms with van der Waals surface area (Å²) >= 11 is 0. The predicted octanol–water partition coefficient (Wildman–Crippen LogP) is 1.91. The van der Waals surface area contributed by atoms with Crippen LogP contribution in [0.2, 0.25) is 0 Å². The predicted molar refractivity (Wildman–Crippen MR) is 129 cm³/mol. The summed E-state index contributed by atoms with van der Waals surface area (Å²) in [4.78, 5) is 39.5. The molecule has 5 N–H and O–H groups in total. The highest BCUT2D eigenvalue weighted by molar-refractivity contribution is 6.31. The number of carbonyl (C=O) groups excluding carboxylic acids is 3. The first kappa shape index (κ1) is 25.3. The normalized spacial score (nSPS) is 28.8. The number of ketones is 3. The van der Waals surface area contributed by atoms with E-state index < -0.39 is 59.6 Å². The number of phenolic OH excluding ortho intramolecular Hbond substituents is 2. The van der Waals surface area contributed by atoms with Gasteiger partial charge in [-0.05, 0) is 32.8 Å². The number of benzene rings is 2. The van der Waals surface area contributed by atoms with Crippen LogP contribution in [0.25, 0.3) is 0 Å². The number of fused-ring (bicyclic) bond motifs is 3. The lowest BCUT2D eigenvalue weighted by molar-refractivity contribution is -0.243. The van der Waals surface area contributed by atoms with Crippen molar-refractivity contribution < 1.29 is 43.9 Å². The van der Waals surface area contributed by atoms with Gasteiger partial charge in [0.1, 0.15) is 23.0 Å². The van der Waals surface area contributed by atoms with E-state index in [0.29, 0.717) is 0 Å². The summed E-state index contributed by atoms with van der Waals surface area (Å²) in [6, 6.07) is 3.94. The third-order valence-electron chi connectivity index (χ3n) is 7.67. The standard InChI is InChI=1S/C27H29NO9/c1-10(29)12-7-14-20(17(8-12)37-18-9-15(28)23(30)11(2)36-18)27(34)22-21(25(14)32)24(31)13-5-4-6-16(35-3)19(13)26(22)33/h4-6,11-12,15,17-18,23,30,32,34H,7-9,28H2,1-3H3/t11?,12-,15?,17-,18?,23?/m0/s1. The number of ether oxygens (including phenoxy) is 3. The number of aliphatic hydroxyl groups is 1. The maximum absolute atomic E-state index is 13.6. The fourth-order valence-corrected chi connectivity index (χ4v) is 5.67. The van der Waals surface area contributed by atoms with Crippen molar-refractivity contribution in [2.24, 2.45) is 11.7 Å². The van der Waals surface area contributed by atoms with E-state index in [1.54, 1.807) is 13.0 Å². The van der Waals surface area contributed by atoms with Gasteiger partial charge in [-0.15, -0.1) is 0 Å². The molecule has 0 bridgehead atoms. The molecule has 10 nitrogen and oxygen atoms in total. The van der Waals surface area contributed by atoms with E-state index in [9.17, 15) is 29.7 Å². The summed E-state index contributed by atoms with van der Waals surface area (Å²) in [6.45, 7) is 3.08. The molecule has 37 heavy (non-hydrogen) atoms. The van der Waals surface area contributed by atoms with Gasteiger partial charge in [0, 0.05) is 35.1 Å². The molecule has 1 heterocycles. The smallest absolute Gasteiger partial charge is 0.202 e. The van der Waals surface area contributed by atoms with Crippen LogP contribution >= 0.6 is 0 Å². The highest BCUT2D eigenvalue weighted by atomic mass is 16.7.